The van der Waals surface area contributed by atoms with Crippen LogP contribution >= 0.6 is 39.7 Å². The van der Waals surface area contributed by atoms with Crippen LogP contribution in [0.15, 0.2) is 40.9 Å². The first-order chi connectivity index (χ1) is 8.97. The molecule has 0 aliphatic rings. The monoisotopic (exact) mass is 354 g/mol. The van der Waals surface area contributed by atoms with Gasteiger partial charge in [0.15, 0.2) is 0 Å². The van der Waals surface area contributed by atoms with Crippen molar-refractivity contribution in [3.05, 3.63) is 57.0 Å². The molecule has 2 rings (SSSR count). The van der Waals surface area contributed by atoms with E-state index < -0.39 is 0 Å². The summed E-state index contributed by atoms with van der Waals surface area (Å²) in [7, 11) is 0. The molecule has 5 heteroatoms. The summed E-state index contributed by atoms with van der Waals surface area (Å²) in [5, 5.41) is 4.00. The first-order valence-electron chi connectivity index (χ1n) is 5.60. The minimum Gasteiger partial charge on any atom is -0.389 e. The molecule has 0 saturated carbocycles. The van der Waals surface area contributed by atoms with E-state index in [9.17, 15) is 0 Å². The van der Waals surface area contributed by atoms with Crippen molar-refractivity contribution < 1.29 is 0 Å². The van der Waals surface area contributed by atoms with E-state index in [2.05, 4.69) is 21.2 Å². The molecule has 0 aromatic heterocycles. The normalized spacial score (nSPS) is 10.3. The maximum absolute atomic E-state index is 6.01. The van der Waals surface area contributed by atoms with Crippen molar-refractivity contribution in [1.82, 2.24) is 0 Å². The zero-order chi connectivity index (χ0) is 14.0. The van der Waals surface area contributed by atoms with Crippen LogP contribution in [-0.2, 0) is 0 Å². The summed E-state index contributed by atoms with van der Waals surface area (Å²) < 4.78 is 0.934. The molecule has 0 spiro atoms. The van der Waals surface area contributed by atoms with Crippen LogP contribution in [0.25, 0.3) is 0 Å². The fourth-order valence-corrected chi connectivity index (χ4v) is 2.41. The summed E-state index contributed by atoms with van der Waals surface area (Å²) in [6.45, 7) is 2.01. The largest absolute Gasteiger partial charge is 0.389 e. The van der Waals surface area contributed by atoms with E-state index in [1.807, 2.05) is 43.3 Å². The van der Waals surface area contributed by atoms with Gasteiger partial charge in [-0.3, -0.25) is 0 Å². The van der Waals surface area contributed by atoms with Crippen LogP contribution in [-0.4, -0.2) is 4.99 Å². The molecule has 0 unspecified atom stereocenters. The van der Waals surface area contributed by atoms with E-state index in [1.165, 1.54) is 0 Å². The van der Waals surface area contributed by atoms with Gasteiger partial charge in [0.2, 0.25) is 0 Å². The third-order valence-corrected chi connectivity index (χ3v) is 3.66. The molecule has 2 nitrogen and oxygen atoms in total. The first kappa shape index (κ1) is 14.3. The maximum Gasteiger partial charge on any atom is 0.106 e. The molecule has 2 aromatic carbocycles. The molecule has 0 fully saturated rings. The zero-order valence-electron chi connectivity index (χ0n) is 10.2. The van der Waals surface area contributed by atoms with Gasteiger partial charge in [0.05, 0.1) is 0 Å². The SMILES string of the molecule is Cc1ccc(Cl)cc1Nc1ccc(Br)cc1C(N)=S. The number of rotatable bonds is 3. The molecule has 0 atom stereocenters. The van der Waals surface area contributed by atoms with Gasteiger partial charge in [0, 0.05) is 26.4 Å². The predicted octanol–water partition coefficient (Wildman–Crippen LogP) is 4.79. The number of anilines is 2. The highest BCUT2D eigenvalue weighted by Crippen LogP contribution is 2.28. The van der Waals surface area contributed by atoms with E-state index >= 15 is 0 Å². The number of benzene rings is 2. The number of hydrogen-bond acceptors (Lipinski definition) is 2. The van der Waals surface area contributed by atoms with Gasteiger partial charge >= 0.3 is 0 Å². The highest BCUT2D eigenvalue weighted by Gasteiger charge is 2.08. The van der Waals surface area contributed by atoms with Crippen LogP contribution in [0.2, 0.25) is 5.02 Å². The summed E-state index contributed by atoms with van der Waals surface area (Å²) in [5.74, 6) is 0. The van der Waals surface area contributed by atoms with Gasteiger partial charge in [-0.15, -0.1) is 0 Å². The smallest absolute Gasteiger partial charge is 0.106 e. The fraction of sp³-hybridized carbons (Fsp3) is 0.0714. The van der Waals surface area contributed by atoms with Crippen molar-refractivity contribution in [2.24, 2.45) is 5.73 Å². The highest BCUT2D eigenvalue weighted by atomic mass is 79.9. The van der Waals surface area contributed by atoms with Crippen LogP contribution in [0.1, 0.15) is 11.1 Å². The average Bonchev–Trinajstić information content (AvgIpc) is 2.35. The minimum atomic E-state index is 0.350. The van der Waals surface area contributed by atoms with Crippen molar-refractivity contribution in [1.29, 1.82) is 0 Å². The number of thiocarbonyl (C=S) groups is 1. The van der Waals surface area contributed by atoms with Crippen LogP contribution in [0, 0.1) is 6.92 Å². The number of halogens is 2. The van der Waals surface area contributed by atoms with Crippen molar-refractivity contribution in [2.75, 3.05) is 5.32 Å². The second-order valence-corrected chi connectivity index (χ2v) is 5.93. The Morgan fingerprint density at radius 2 is 1.95 bits per heavy atom. The lowest BCUT2D eigenvalue weighted by atomic mass is 10.1. The fourth-order valence-electron chi connectivity index (χ4n) is 1.70. The second kappa shape index (κ2) is 5.90. The van der Waals surface area contributed by atoms with E-state index in [0.717, 1.165) is 27.0 Å². The van der Waals surface area contributed by atoms with E-state index in [4.69, 9.17) is 29.6 Å². The van der Waals surface area contributed by atoms with Gasteiger partial charge in [-0.2, -0.15) is 0 Å². The van der Waals surface area contributed by atoms with E-state index in [1.54, 1.807) is 0 Å². The Labute approximate surface area is 131 Å². The lowest BCUT2D eigenvalue weighted by molar-refractivity contribution is 1.42. The molecule has 0 amide bonds. The molecule has 0 bridgehead atoms. The van der Waals surface area contributed by atoms with Crippen molar-refractivity contribution in [3.63, 3.8) is 0 Å². The molecule has 0 saturated heterocycles. The topological polar surface area (TPSA) is 38.0 Å². The Morgan fingerprint density at radius 3 is 2.63 bits per heavy atom. The lowest BCUT2D eigenvalue weighted by Gasteiger charge is -2.14. The third-order valence-electron chi connectivity index (χ3n) is 2.72. The van der Waals surface area contributed by atoms with Crippen LogP contribution in [0.4, 0.5) is 11.4 Å². The number of hydrogen-bond donors (Lipinski definition) is 2. The maximum atomic E-state index is 6.01. The van der Waals surface area contributed by atoms with E-state index in [-0.39, 0.29) is 0 Å². The quantitative estimate of drug-likeness (QED) is 0.778. The van der Waals surface area contributed by atoms with Crippen molar-refractivity contribution >= 4 is 56.1 Å². The van der Waals surface area contributed by atoms with Gasteiger partial charge in [0.1, 0.15) is 4.99 Å². The Kier molecular flexibility index (Phi) is 4.45. The third kappa shape index (κ3) is 3.47. The molecule has 0 radical (unpaired) electrons. The molecule has 0 heterocycles. The van der Waals surface area contributed by atoms with E-state index in [0.29, 0.717) is 10.0 Å². The van der Waals surface area contributed by atoms with Crippen LogP contribution in [0.3, 0.4) is 0 Å². The second-order valence-electron chi connectivity index (χ2n) is 4.14. The highest BCUT2D eigenvalue weighted by molar-refractivity contribution is 9.10. The zero-order valence-corrected chi connectivity index (χ0v) is 13.4. The van der Waals surface area contributed by atoms with Gasteiger partial charge < -0.3 is 11.1 Å². The van der Waals surface area contributed by atoms with Crippen molar-refractivity contribution in [2.45, 2.75) is 6.92 Å². The number of nitrogens with one attached hydrogen (secondary N) is 1. The minimum absolute atomic E-state index is 0.350. The molecule has 19 heavy (non-hydrogen) atoms. The Hall–Kier alpha value is -1.10. The molecule has 2 aromatic rings. The Bertz CT molecular complexity index is 643. The number of nitrogens with two attached hydrogens (primary N) is 1. The average molecular weight is 356 g/mol. The van der Waals surface area contributed by atoms with Gasteiger partial charge in [0.25, 0.3) is 0 Å². The van der Waals surface area contributed by atoms with Crippen LogP contribution in [0.5, 0.6) is 0 Å². The summed E-state index contributed by atoms with van der Waals surface area (Å²) in [5.41, 5.74) is 9.44. The molecular weight excluding hydrogens is 344 g/mol. The summed E-state index contributed by atoms with van der Waals surface area (Å²) >= 11 is 14.5. The molecular formula is C14H12BrClN2S. The Balaban J connectivity index is 2.43. The van der Waals surface area contributed by atoms with Gasteiger partial charge in [-0.25, -0.2) is 0 Å². The van der Waals surface area contributed by atoms with Crippen molar-refractivity contribution in [3.8, 4) is 0 Å². The summed E-state index contributed by atoms with van der Waals surface area (Å²) in [4.78, 5) is 0.350. The Morgan fingerprint density at radius 1 is 1.21 bits per heavy atom. The van der Waals surface area contributed by atoms with Gasteiger partial charge in [-0.1, -0.05) is 45.8 Å². The van der Waals surface area contributed by atoms with Gasteiger partial charge in [-0.05, 0) is 42.8 Å². The molecule has 0 aliphatic heterocycles. The molecule has 98 valence electrons. The first-order valence-corrected chi connectivity index (χ1v) is 7.18. The molecule has 0 aliphatic carbocycles. The summed E-state index contributed by atoms with van der Waals surface area (Å²) in [6.07, 6.45) is 0. The predicted molar refractivity (Wildman–Crippen MR) is 89.5 cm³/mol. The summed E-state index contributed by atoms with van der Waals surface area (Å²) in [6, 6.07) is 11.5. The molecule has 3 N–H and O–H groups in total. The number of aryl methyl sites for hydroxylation is 1. The lowest BCUT2D eigenvalue weighted by Crippen LogP contribution is -2.12. The standard InChI is InChI=1S/C14H12BrClN2S/c1-8-2-4-10(16)7-13(8)18-12-5-3-9(15)6-11(12)14(17)19/h2-7,18H,1H3,(H2,17,19). The van der Waals surface area contributed by atoms with Crippen LogP contribution < -0.4 is 11.1 Å².